The van der Waals surface area contributed by atoms with Crippen molar-refractivity contribution in [3.8, 4) is 5.75 Å². The van der Waals surface area contributed by atoms with Crippen LogP contribution in [0, 0.1) is 0 Å². The second-order valence-electron chi connectivity index (χ2n) is 4.07. The van der Waals surface area contributed by atoms with Crippen LogP contribution < -0.4 is 10.1 Å². The van der Waals surface area contributed by atoms with Gasteiger partial charge in [0.1, 0.15) is 18.5 Å². The maximum atomic E-state index is 9.28. The third-order valence-corrected chi connectivity index (χ3v) is 2.70. The van der Waals surface area contributed by atoms with E-state index < -0.39 is 6.10 Å². The molecule has 0 aromatic heterocycles. The van der Waals surface area contributed by atoms with E-state index in [0.29, 0.717) is 23.9 Å². The Labute approximate surface area is 118 Å². The third kappa shape index (κ3) is 6.22. The first kappa shape index (κ1) is 16.2. The van der Waals surface area contributed by atoms with Crippen LogP contribution in [-0.2, 0) is 11.3 Å². The first-order valence-electron chi connectivity index (χ1n) is 6.07. The molecule has 6 heteroatoms. The van der Waals surface area contributed by atoms with Gasteiger partial charge in [-0.05, 0) is 18.2 Å². The first-order chi connectivity index (χ1) is 9.17. The number of benzene rings is 1. The average molecular weight is 290 g/mol. The number of hydrogen-bond donors (Lipinski definition) is 3. The predicted octanol–water partition coefficient (Wildman–Crippen LogP) is 0.808. The van der Waals surface area contributed by atoms with Crippen LogP contribution in [0.2, 0.25) is 5.02 Å². The molecule has 5 nitrogen and oxygen atoms in total. The van der Waals surface area contributed by atoms with E-state index in [-0.39, 0.29) is 13.2 Å². The minimum atomic E-state index is -0.884. The summed E-state index contributed by atoms with van der Waals surface area (Å²) in [4.78, 5) is 0. The molecule has 0 aliphatic carbocycles. The molecule has 0 spiro atoms. The highest BCUT2D eigenvalue weighted by atomic mass is 35.5. The summed E-state index contributed by atoms with van der Waals surface area (Å²) in [5, 5.41) is 21.8. The normalized spacial score (nSPS) is 12.4. The van der Waals surface area contributed by atoms with Gasteiger partial charge in [-0.15, -0.1) is 0 Å². The maximum Gasteiger partial charge on any atom is 0.124 e. The molecular formula is C13H20ClNO4. The number of hydrogen-bond acceptors (Lipinski definition) is 5. The van der Waals surface area contributed by atoms with E-state index in [0.717, 1.165) is 12.1 Å². The summed E-state index contributed by atoms with van der Waals surface area (Å²) in [5.41, 5.74) is 0.897. The average Bonchev–Trinajstić information content (AvgIpc) is 2.42. The van der Waals surface area contributed by atoms with E-state index >= 15 is 0 Å². The van der Waals surface area contributed by atoms with Gasteiger partial charge in [0.05, 0.1) is 13.2 Å². The summed E-state index contributed by atoms with van der Waals surface area (Å²) in [6, 6.07) is 5.28. The van der Waals surface area contributed by atoms with Crippen LogP contribution in [-0.4, -0.2) is 49.8 Å². The molecule has 108 valence electrons. The fourth-order valence-electron chi connectivity index (χ4n) is 1.46. The number of aliphatic hydroxyl groups excluding tert-OH is 2. The number of ether oxygens (including phenoxy) is 2. The summed E-state index contributed by atoms with van der Waals surface area (Å²) in [6.45, 7) is 1.66. The van der Waals surface area contributed by atoms with E-state index in [4.69, 9.17) is 26.2 Å². The minimum absolute atomic E-state index is 0.0448. The van der Waals surface area contributed by atoms with Gasteiger partial charge in [-0.1, -0.05) is 11.6 Å². The van der Waals surface area contributed by atoms with E-state index in [2.05, 4.69) is 5.32 Å². The largest absolute Gasteiger partial charge is 0.490 e. The van der Waals surface area contributed by atoms with Crippen molar-refractivity contribution in [2.45, 2.75) is 12.6 Å². The summed E-state index contributed by atoms with van der Waals surface area (Å²) >= 11 is 5.95. The third-order valence-electron chi connectivity index (χ3n) is 2.46. The van der Waals surface area contributed by atoms with Crippen molar-refractivity contribution in [3.63, 3.8) is 0 Å². The van der Waals surface area contributed by atoms with Crippen molar-refractivity contribution in [2.24, 2.45) is 0 Å². The molecule has 0 heterocycles. The number of aliphatic hydroxyl groups is 2. The van der Waals surface area contributed by atoms with E-state index in [9.17, 15) is 5.11 Å². The molecular weight excluding hydrogens is 270 g/mol. The maximum absolute atomic E-state index is 9.28. The molecule has 0 bridgehead atoms. The predicted molar refractivity (Wildman–Crippen MR) is 73.6 cm³/mol. The van der Waals surface area contributed by atoms with E-state index in [1.807, 2.05) is 6.07 Å². The van der Waals surface area contributed by atoms with E-state index in [1.54, 1.807) is 19.2 Å². The molecule has 0 aliphatic rings. The van der Waals surface area contributed by atoms with Crippen molar-refractivity contribution >= 4 is 11.6 Å². The minimum Gasteiger partial charge on any atom is -0.490 e. The fourth-order valence-corrected chi connectivity index (χ4v) is 1.66. The van der Waals surface area contributed by atoms with Crippen LogP contribution in [0.15, 0.2) is 18.2 Å². The van der Waals surface area contributed by atoms with Crippen molar-refractivity contribution < 1.29 is 19.7 Å². The fraction of sp³-hybridized carbons (Fsp3) is 0.538. The van der Waals surface area contributed by atoms with Crippen molar-refractivity contribution in [3.05, 3.63) is 28.8 Å². The molecule has 0 aliphatic heterocycles. The molecule has 0 amide bonds. The molecule has 1 unspecified atom stereocenters. The second kappa shape index (κ2) is 9.12. The zero-order valence-corrected chi connectivity index (χ0v) is 11.7. The van der Waals surface area contributed by atoms with Gasteiger partial charge in [0, 0.05) is 30.8 Å². The highest BCUT2D eigenvalue weighted by molar-refractivity contribution is 6.30. The summed E-state index contributed by atoms with van der Waals surface area (Å²) in [6.07, 6.45) is -0.884. The molecule has 1 rings (SSSR count). The molecule has 19 heavy (non-hydrogen) atoms. The van der Waals surface area contributed by atoms with Crippen LogP contribution in [0.5, 0.6) is 5.75 Å². The van der Waals surface area contributed by atoms with Gasteiger partial charge in [-0.2, -0.15) is 0 Å². The number of rotatable bonds is 9. The summed E-state index contributed by atoms with van der Waals surface area (Å²) in [7, 11) is 1.64. The smallest absolute Gasteiger partial charge is 0.124 e. The molecule has 0 saturated carbocycles. The van der Waals surface area contributed by atoms with Gasteiger partial charge in [-0.25, -0.2) is 0 Å². The Morgan fingerprint density at radius 2 is 2.21 bits per heavy atom. The van der Waals surface area contributed by atoms with Crippen LogP contribution in [0.3, 0.4) is 0 Å². The van der Waals surface area contributed by atoms with Gasteiger partial charge in [0.2, 0.25) is 0 Å². The lowest BCUT2D eigenvalue weighted by Gasteiger charge is -2.14. The van der Waals surface area contributed by atoms with Crippen molar-refractivity contribution in [1.82, 2.24) is 5.32 Å². The topological polar surface area (TPSA) is 71.0 Å². The standard InChI is InChI=1S/C13H20ClNO4/c1-18-5-4-15-7-10-6-11(14)2-3-13(10)19-9-12(17)8-16/h2-3,6,12,15-17H,4-5,7-9H2,1H3. The van der Waals surface area contributed by atoms with Crippen molar-refractivity contribution in [2.75, 3.05) is 33.5 Å². The van der Waals surface area contributed by atoms with Gasteiger partial charge in [0.25, 0.3) is 0 Å². The number of methoxy groups -OCH3 is 1. The number of halogens is 1. The van der Waals surface area contributed by atoms with Crippen LogP contribution in [0.1, 0.15) is 5.56 Å². The summed E-state index contributed by atoms with van der Waals surface area (Å²) in [5.74, 6) is 0.641. The highest BCUT2D eigenvalue weighted by Crippen LogP contribution is 2.23. The Balaban J connectivity index is 2.58. The molecule has 0 saturated heterocycles. The van der Waals surface area contributed by atoms with Crippen molar-refractivity contribution in [1.29, 1.82) is 0 Å². The highest BCUT2D eigenvalue weighted by Gasteiger charge is 2.08. The first-order valence-corrected chi connectivity index (χ1v) is 6.45. The monoisotopic (exact) mass is 289 g/mol. The molecule has 1 atom stereocenters. The van der Waals surface area contributed by atoms with E-state index in [1.165, 1.54) is 0 Å². The van der Waals surface area contributed by atoms with Gasteiger partial charge in [-0.3, -0.25) is 0 Å². The Bertz CT molecular complexity index is 376. The van der Waals surface area contributed by atoms with Gasteiger partial charge >= 0.3 is 0 Å². The van der Waals surface area contributed by atoms with Crippen LogP contribution in [0.4, 0.5) is 0 Å². The number of nitrogens with one attached hydrogen (secondary N) is 1. The molecule has 0 radical (unpaired) electrons. The Kier molecular flexibility index (Phi) is 7.78. The van der Waals surface area contributed by atoms with Crippen LogP contribution >= 0.6 is 11.6 Å². The van der Waals surface area contributed by atoms with Gasteiger partial charge < -0.3 is 25.0 Å². The van der Waals surface area contributed by atoms with Crippen LogP contribution in [0.25, 0.3) is 0 Å². The molecule has 3 N–H and O–H groups in total. The zero-order chi connectivity index (χ0) is 14.1. The lowest BCUT2D eigenvalue weighted by Crippen LogP contribution is -2.23. The lowest BCUT2D eigenvalue weighted by atomic mass is 10.2. The summed E-state index contributed by atoms with van der Waals surface area (Å²) < 4.78 is 10.4. The van der Waals surface area contributed by atoms with Gasteiger partial charge in [0.15, 0.2) is 0 Å². The molecule has 1 aromatic rings. The quantitative estimate of drug-likeness (QED) is 0.587. The SMILES string of the molecule is COCCNCc1cc(Cl)ccc1OCC(O)CO. The second-order valence-corrected chi connectivity index (χ2v) is 4.51. The Morgan fingerprint density at radius 1 is 1.42 bits per heavy atom. The zero-order valence-electron chi connectivity index (χ0n) is 10.9. The molecule has 0 fully saturated rings. The molecule has 1 aromatic carbocycles. The Morgan fingerprint density at radius 3 is 2.89 bits per heavy atom. The Hall–Kier alpha value is -0.850. The lowest BCUT2D eigenvalue weighted by molar-refractivity contribution is 0.0532.